The summed E-state index contributed by atoms with van der Waals surface area (Å²) in [4.78, 5) is 11.4. The van der Waals surface area contributed by atoms with Gasteiger partial charge in [-0.2, -0.15) is 0 Å². The molecule has 1 aromatic heterocycles. The quantitative estimate of drug-likeness (QED) is 0.422. The predicted octanol–water partition coefficient (Wildman–Crippen LogP) is 5.74. The minimum absolute atomic E-state index is 0.149. The molecule has 0 aliphatic carbocycles. The number of carboxylic acid groups (broad SMARTS) is 1. The van der Waals surface area contributed by atoms with Gasteiger partial charge in [-0.15, -0.1) is 0 Å². The van der Waals surface area contributed by atoms with Crippen LogP contribution in [0.5, 0.6) is 5.75 Å². The van der Waals surface area contributed by atoms with E-state index in [0.29, 0.717) is 12.0 Å². The number of benzene rings is 3. The molecule has 3 aromatic carbocycles. The molecule has 168 valence electrons. The summed E-state index contributed by atoms with van der Waals surface area (Å²) in [5.41, 5.74) is 3.05. The fourth-order valence-electron chi connectivity index (χ4n) is 4.96. The maximum absolute atomic E-state index is 13.7. The van der Waals surface area contributed by atoms with Crippen LogP contribution < -0.4 is 0 Å². The van der Waals surface area contributed by atoms with Gasteiger partial charge in [0, 0.05) is 22.1 Å². The third kappa shape index (κ3) is 3.13. The molecule has 5 nitrogen and oxygen atoms in total. The molecule has 1 unspecified atom stereocenters. The number of phenols is 1. The van der Waals surface area contributed by atoms with E-state index in [2.05, 4.69) is 0 Å². The van der Waals surface area contributed by atoms with E-state index < -0.39 is 17.0 Å². The van der Waals surface area contributed by atoms with Gasteiger partial charge in [0.05, 0.1) is 23.4 Å². The summed E-state index contributed by atoms with van der Waals surface area (Å²) in [5, 5.41) is 21.0. The Morgan fingerprint density at radius 2 is 1.67 bits per heavy atom. The summed E-state index contributed by atoms with van der Waals surface area (Å²) < 4.78 is 22.1. The third-order valence-electron chi connectivity index (χ3n) is 6.67. The monoisotopic (exact) mass is 445 g/mol. The second kappa shape index (κ2) is 7.18. The van der Waals surface area contributed by atoms with Crippen LogP contribution in [0.15, 0.2) is 66.7 Å². The maximum Gasteiger partial charge on any atom is 0.335 e. The van der Waals surface area contributed by atoms with Crippen molar-refractivity contribution in [1.82, 2.24) is 4.57 Å². The molecule has 0 saturated carbocycles. The number of nitrogens with zero attached hydrogens (tertiary/aromatic N) is 1. The normalized spacial score (nSPS) is 19.4. The molecule has 5 rings (SSSR count). The van der Waals surface area contributed by atoms with Crippen LogP contribution in [0.1, 0.15) is 48.0 Å². The molecule has 33 heavy (non-hydrogen) atoms. The molecule has 0 saturated heterocycles. The van der Waals surface area contributed by atoms with E-state index in [1.165, 1.54) is 12.1 Å². The van der Waals surface area contributed by atoms with Gasteiger partial charge in [-0.3, -0.25) is 0 Å². The van der Waals surface area contributed by atoms with Gasteiger partial charge in [0.15, 0.2) is 0 Å². The summed E-state index contributed by atoms with van der Waals surface area (Å²) in [6.45, 7) is 6.35. The zero-order valence-electron chi connectivity index (χ0n) is 18.6. The fourth-order valence-corrected chi connectivity index (χ4v) is 4.96. The summed E-state index contributed by atoms with van der Waals surface area (Å²) >= 11 is 0. The Balaban J connectivity index is 1.88. The molecule has 2 N–H and O–H groups in total. The van der Waals surface area contributed by atoms with Crippen molar-refractivity contribution in [1.29, 1.82) is 0 Å². The topological polar surface area (TPSA) is 71.7 Å². The van der Waals surface area contributed by atoms with Crippen molar-refractivity contribution < 1.29 is 24.1 Å². The molecule has 1 aliphatic heterocycles. The molecule has 0 amide bonds. The van der Waals surface area contributed by atoms with E-state index in [1.54, 1.807) is 48.5 Å². The predicted molar refractivity (Wildman–Crippen MR) is 124 cm³/mol. The lowest BCUT2D eigenvalue weighted by molar-refractivity contribution is -0.0581. The molecule has 0 fully saturated rings. The number of aromatic carboxylic acids is 1. The maximum atomic E-state index is 13.7. The number of rotatable bonds is 3. The molecular weight excluding hydrogens is 421 g/mol. The minimum Gasteiger partial charge on any atom is -0.507 e. The van der Waals surface area contributed by atoms with E-state index in [-0.39, 0.29) is 17.1 Å². The van der Waals surface area contributed by atoms with Crippen molar-refractivity contribution in [3.63, 3.8) is 0 Å². The molecule has 0 spiro atoms. The van der Waals surface area contributed by atoms with E-state index in [1.807, 2.05) is 31.4 Å². The van der Waals surface area contributed by atoms with Crippen LogP contribution in [-0.2, 0) is 15.8 Å². The van der Waals surface area contributed by atoms with Crippen molar-refractivity contribution in [2.75, 3.05) is 6.61 Å². The van der Waals surface area contributed by atoms with Gasteiger partial charge in [0.25, 0.3) is 0 Å². The molecule has 1 aliphatic rings. The van der Waals surface area contributed by atoms with E-state index >= 15 is 0 Å². The molecule has 1 atom stereocenters. The van der Waals surface area contributed by atoms with Gasteiger partial charge in [0.1, 0.15) is 17.2 Å². The molecular formula is C27H24FNO4. The lowest BCUT2D eigenvalue weighted by Gasteiger charge is -2.43. The van der Waals surface area contributed by atoms with Gasteiger partial charge in [0.2, 0.25) is 0 Å². The highest BCUT2D eigenvalue weighted by Crippen LogP contribution is 2.52. The Hall–Kier alpha value is -3.64. The molecule has 4 aromatic rings. The van der Waals surface area contributed by atoms with Gasteiger partial charge in [-0.05, 0) is 74.9 Å². The largest absolute Gasteiger partial charge is 0.507 e. The van der Waals surface area contributed by atoms with Crippen LogP contribution in [-0.4, -0.2) is 27.4 Å². The SMILES string of the molecule is CC1(C)OCC(C)(c2ccc(C(=O)O)cc2)c2c1n(-c1ccc(F)cc1)c1cccc(O)c21. The first-order valence-corrected chi connectivity index (χ1v) is 10.7. The molecule has 6 heteroatoms. The summed E-state index contributed by atoms with van der Waals surface area (Å²) in [7, 11) is 0. The lowest BCUT2D eigenvalue weighted by atomic mass is 9.71. The van der Waals surface area contributed by atoms with Gasteiger partial charge in [-0.25, -0.2) is 9.18 Å². The third-order valence-corrected chi connectivity index (χ3v) is 6.67. The number of carbonyl (C=O) groups is 1. The number of hydrogen-bond donors (Lipinski definition) is 2. The summed E-state index contributed by atoms with van der Waals surface area (Å²) in [5.74, 6) is -1.17. The zero-order valence-corrected chi connectivity index (χ0v) is 18.6. The molecule has 0 bridgehead atoms. The minimum atomic E-state index is -0.987. The molecule has 2 heterocycles. The smallest absolute Gasteiger partial charge is 0.335 e. The fraction of sp³-hybridized carbons (Fsp3) is 0.222. The van der Waals surface area contributed by atoms with Crippen molar-refractivity contribution in [2.45, 2.75) is 31.8 Å². The Morgan fingerprint density at radius 3 is 2.30 bits per heavy atom. The van der Waals surface area contributed by atoms with E-state index in [9.17, 15) is 19.4 Å². The van der Waals surface area contributed by atoms with Crippen molar-refractivity contribution in [2.24, 2.45) is 0 Å². The van der Waals surface area contributed by atoms with E-state index in [4.69, 9.17) is 4.74 Å². The summed E-state index contributed by atoms with van der Waals surface area (Å²) in [6.07, 6.45) is 0. The van der Waals surface area contributed by atoms with Crippen LogP contribution >= 0.6 is 0 Å². The molecule has 0 radical (unpaired) electrons. The van der Waals surface area contributed by atoms with Crippen LogP contribution in [0, 0.1) is 5.82 Å². The van der Waals surface area contributed by atoms with Gasteiger partial charge in [-0.1, -0.05) is 18.2 Å². The number of ether oxygens (including phenoxy) is 1. The van der Waals surface area contributed by atoms with E-state index in [0.717, 1.165) is 28.0 Å². The first-order chi connectivity index (χ1) is 15.6. The first-order valence-electron chi connectivity index (χ1n) is 10.7. The first kappa shape index (κ1) is 21.2. The Labute approximate surface area is 190 Å². The number of carboxylic acids is 1. The Kier molecular flexibility index (Phi) is 4.62. The van der Waals surface area contributed by atoms with Crippen molar-refractivity contribution in [3.05, 3.63) is 94.9 Å². The zero-order chi connectivity index (χ0) is 23.5. The van der Waals surface area contributed by atoms with Gasteiger partial charge < -0.3 is 19.5 Å². The Bertz CT molecular complexity index is 1390. The number of aromatic nitrogens is 1. The summed E-state index contributed by atoms with van der Waals surface area (Å²) in [6, 6.07) is 18.4. The van der Waals surface area contributed by atoms with Crippen LogP contribution in [0.2, 0.25) is 0 Å². The van der Waals surface area contributed by atoms with Crippen LogP contribution in [0.25, 0.3) is 16.6 Å². The Morgan fingerprint density at radius 1 is 1.00 bits per heavy atom. The van der Waals surface area contributed by atoms with Crippen molar-refractivity contribution in [3.8, 4) is 11.4 Å². The second-order valence-corrected chi connectivity index (χ2v) is 9.22. The average molecular weight is 445 g/mol. The average Bonchev–Trinajstić information content (AvgIpc) is 3.16. The highest BCUT2D eigenvalue weighted by Gasteiger charge is 2.47. The number of fused-ring (bicyclic) bond motifs is 3. The number of hydrogen-bond acceptors (Lipinski definition) is 3. The number of aromatic hydroxyl groups is 1. The number of phenolic OH excluding ortho intramolecular Hbond substituents is 1. The number of halogens is 1. The second-order valence-electron chi connectivity index (χ2n) is 9.22. The lowest BCUT2D eigenvalue weighted by Crippen LogP contribution is -2.43. The van der Waals surface area contributed by atoms with Crippen LogP contribution in [0.4, 0.5) is 4.39 Å². The van der Waals surface area contributed by atoms with Gasteiger partial charge >= 0.3 is 5.97 Å². The highest BCUT2D eigenvalue weighted by atomic mass is 19.1. The highest BCUT2D eigenvalue weighted by molar-refractivity contribution is 5.94. The van der Waals surface area contributed by atoms with Crippen LogP contribution in [0.3, 0.4) is 0 Å². The standard InChI is InChI=1S/C27H24FNO4/c1-26(2)24-23(27(3,15-33-26)17-9-7-16(8-10-17)25(31)32)22-20(5-4-6-21(22)30)29(24)19-13-11-18(28)12-14-19/h4-14,30H,15H2,1-3H3,(H,31,32). The van der Waals surface area contributed by atoms with Crippen molar-refractivity contribution >= 4 is 16.9 Å².